The highest BCUT2D eigenvalue weighted by Gasteiger charge is 2.34. The maximum atomic E-state index is 13.1. The number of hydrogen-bond donors (Lipinski definition) is 2. The van der Waals surface area contributed by atoms with Crippen molar-refractivity contribution in [1.29, 1.82) is 0 Å². The number of carboxylic acids is 1. The Morgan fingerprint density at radius 3 is 2.15 bits per heavy atom. The summed E-state index contributed by atoms with van der Waals surface area (Å²) in [6.45, 7) is 1.60. The Balaban J connectivity index is 2.28. The zero-order valence-corrected chi connectivity index (χ0v) is 14.7. The van der Waals surface area contributed by atoms with E-state index in [9.17, 15) is 24.6 Å². The van der Waals surface area contributed by atoms with E-state index < -0.39 is 24.7 Å². The molecule has 10 heteroatoms. The zero-order chi connectivity index (χ0) is 19.2. The Bertz CT molecular complexity index is 811. The molecule has 2 unspecified atom stereocenters. The van der Waals surface area contributed by atoms with E-state index in [-0.39, 0.29) is 23.6 Å². The smallest absolute Gasteiger partial charge is 0.480 e. The molecule has 0 saturated carbocycles. The Hall–Kier alpha value is -2.90. The lowest BCUT2D eigenvalue weighted by atomic mass is 10.2. The van der Waals surface area contributed by atoms with Gasteiger partial charge in [-0.15, -0.1) is 0 Å². The van der Waals surface area contributed by atoms with Crippen LogP contribution in [0.3, 0.4) is 0 Å². The summed E-state index contributed by atoms with van der Waals surface area (Å²) in [5.74, 6) is -0.968. The average molecular weight is 380 g/mol. The highest BCUT2D eigenvalue weighted by Crippen LogP contribution is 2.45. The number of rotatable bonds is 9. The van der Waals surface area contributed by atoms with Crippen molar-refractivity contribution >= 4 is 19.4 Å². The van der Waals surface area contributed by atoms with E-state index >= 15 is 0 Å². The second-order valence-electron chi connectivity index (χ2n) is 5.17. The molecular formula is C16H17N2O7P. The van der Waals surface area contributed by atoms with Crippen LogP contribution in [-0.2, 0) is 9.36 Å². The summed E-state index contributed by atoms with van der Waals surface area (Å²) in [4.78, 5) is 21.4. The lowest BCUT2D eigenvalue weighted by Crippen LogP contribution is -2.36. The fourth-order valence-electron chi connectivity index (χ4n) is 1.97. The zero-order valence-electron chi connectivity index (χ0n) is 13.8. The minimum atomic E-state index is -4.13. The summed E-state index contributed by atoms with van der Waals surface area (Å²) in [7, 11) is -4.13. The van der Waals surface area contributed by atoms with Crippen LogP contribution in [0.2, 0.25) is 0 Å². The Labute approximate surface area is 149 Å². The van der Waals surface area contributed by atoms with Crippen molar-refractivity contribution in [3.63, 3.8) is 0 Å². The average Bonchev–Trinajstić information content (AvgIpc) is 2.60. The number of benzene rings is 2. The number of nitro benzene ring substituents is 1. The van der Waals surface area contributed by atoms with E-state index in [2.05, 4.69) is 5.09 Å². The second-order valence-corrected chi connectivity index (χ2v) is 6.79. The van der Waals surface area contributed by atoms with Crippen molar-refractivity contribution in [2.75, 3.05) is 0 Å². The molecule has 0 aliphatic heterocycles. The summed E-state index contributed by atoms with van der Waals surface area (Å²) in [5, 5.41) is 22.3. The molecule has 0 aromatic heterocycles. The van der Waals surface area contributed by atoms with E-state index in [1.54, 1.807) is 25.1 Å². The minimum absolute atomic E-state index is 0.0302. The number of nitrogens with zero attached hydrogens (tertiary/aromatic N) is 1. The SMILES string of the molecule is CCC(NP(=O)(Oc1ccccc1)Oc1ccc([N+](=O)[O-])cc1)C(=O)O. The van der Waals surface area contributed by atoms with Crippen LogP contribution in [-0.4, -0.2) is 22.0 Å². The van der Waals surface area contributed by atoms with Gasteiger partial charge in [0.05, 0.1) is 4.92 Å². The van der Waals surface area contributed by atoms with Gasteiger partial charge < -0.3 is 14.2 Å². The molecule has 0 bridgehead atoms. The van der Waals surface area contributed by atoms with E-state index in [0.717, 1.165) is 0 Å². The molecule has 0 saturated heterocycles. The van der Waals surface area contributed by atoms with Gasteiger partial charge in [-0.05, 0) is 30.7 Å². The van der Waals surface area contributed by atoms with Crippen LogP contribution in [0.25, 0.3) is 0 Å². The molecule has 2 aromatic carbocycles. The lowest BCUT2D eigenvalue weighted by molar-refractivity contribution is -0.384. The number of hydrogen-bond acceptors (Lipinski definition) is 6. The normalized spacial score (nSPS) is 14.0. The Kier molecular flexibility index (Phi) is 6.32. The molecule has 9 nitrogen and oxygen atoms in total. The first-order chi connectivity index (χ1) is 12.3. The van der Waals surface area contributed by atoms with Gasteiger partial charge in [-0.1, -0.05) is 25.1 Å². The molecule has 138 valence electrons. The van der Waals surface area contributed by atoms with Crippen LogP contribution in [0.5, 0.6) is 11.5 Å². The van der Waals surface area contributed by atoms with Crippen LogP contribution < -0.4 is 14.1 Å². The molecule has 2 N–H and O–H groups in total. The van der Waals surface area contributed by atoms with Crippen LogP contribution in [0.1, 0.15) is 13.3 Å². The highest BCUT2D eigenvalue weighted by molar-refractivity contribution is 7.52. The summed E-state index contributed by atoms with van der Waals surface area (Å²) in [6, 6.07) is 11.8. The van der Waals surface area contributed by atoms with Crippen molar-refractivity contribution < 1.29 is 28.4 Å². The molecule has 0 amide bonds. The predicted octanol–water partition coefficient (Wildman–Crippen LogP) is 3.61. The predicted molar refractivity (Wildman–Crippen MR) is 93.3 cm³/mol. The molecule has 0 aliphatic carbocycles. The van der Waals surface area contributed by atoms with Gasteiger partial charge in [0, 0.05) is 12.1 Å². The van der Waals surface area contributed by atoms with Gasteiger partial charge in [-0.2, -0.15) is 5.09 Å². The third-order valence-electron chi connectivity index (χ3n) is 3.26. The van der Waals surface area contributed by atoms with Gasteiger partial charge in [0.1, 0.15) is 17.5 Å². The standard InChI is InChI=1S/C16H17N2O7P/c1-2-15(16(19)20)17-26(23,24-13-6-4-3-5-7-13)25-14-10-8-12(9-11-14)18(21)22/h3-11,15H,2H2,1H3,(H,17,23)(H,19,20). The number of carbonyl (C=O) groups is 1. The van der Waals surface area contributed by atoms with Crippen LogP contribution in [0, 0.1) is 10.1 Å². The quantitative estimate of drug-likeness (QED) is 0.383. The lowest BCUT2D eigenvalue weighted by Gasteiger charge is -2.23. The number of para-hydroxylation sites is 1. The van der Waals surface area contributed by atoms with Crippen LogP contribution >= 0.6 is 7.75 Å². The van der Waals surface area contributed by atoms with Gasteiger partial charge in [0.15, 0.2) is 0 Å². The number of carboxylic acid groups (broad SMARTS) is 1. The van der Waals surface area contributed by atoms with E-state index in [1.807, 2.05) is 0 Å². The maximum Gasteiger partial charge on any atom is 0.513 e. The Morgan fingerprint density at radius 1 is 1.15 bits per heavy atom. The molecule has 2 atom stereocenters. The summed E-state index contributed by atoms with van der Waals surface area (Å²) >= 11 is 0. The molecule has 26 heavy (non-hydrogen) atoms. The minimum Gasteiger partial charge on any atom is -0.480 e. The van der Waals surface area contributed by atoms with Crippen molar-refractivity contribution in [3.8, 4) is 11.5 Å². The molecule has 0 heterocycles. The van der Waals surface area contributed by atoms with Gasteiger partial charge in [-0.25, -0.2) is 4.57 Å². The van der Waals surface area contributed by atoms with Gasteiger partial charge in [-0.3, -0.25) is 14.9 Å². The summed E-state index contributed by atoms with van der Waals surface area (Å²) < 4.78 is 23.8. The fraction of sp³-hybridized carbons (Fsp3) is 0.188. The van der Waals surface area contributed by atoms with Crippen molar-refractivity contribution in [2.45, 2.75) is 19.4 Å². The Morgan fingerprint density at radius 2 is 1.69 bits per heavy atom. The van der Waals surface area contributed by atoms with Gasteiger partial charge >= 0.3 is 13.7 Å². The maximum absolute atomic E-state index is 13.1. The van der Waals surface area contributed by atoms with Crippen molar-refractivity contribution in [1.82, 2.24) is 5.09 Å². The molecule has 0 spiro atoms. The second kappa shape index (κ2) is 8.46. The topological polar surface area (TPSA) is 128 Å². The van der Waals surface area contributed by atoms with E-state index in [0.29, 0.717) is 0 Å². The van der Waals surface area contributed by atoms with Crippen molar-refractivity contribution in [3.05, 3.63) is 64.7 Å². The molecule has 0 fully saturated rings. The largest absolute Gasteiger partial charge is 0.513 e. The summed E-state index contributed by atoms with van der Waals surface area (Å²) in [6.07, 6.45) is 0.140. The number of aliphatic carboxylic acids is 1. The molecule has 0 radical (unpaired) electrons. The number of nitro groups is 1. The third-order valence-corrected chi connectivity index (χ3v) is 4.79. The van der Waals surface area contributed by atoms with Crippen LogP contribution in [0.15, 0.2) is 54.6 Å². The van der Waals surface area contributed by atoms with E-state index in [1.165, 1.54) is 36.4 Å². The fourth-order valence-corrected chi connectivity index (χ4v) is 3.59. The first-order valence-electron chi connectivity index (χ1n) is 7.62. The first-order valence-corrected chi connectivity index (χ1v) is 9.16. The molecule has 2 aromatic rings. The van der Waals surface area contributed by atoms with E-state index in [4.69, 9.17) is 9.05 Å². The molecular weight excluding hydrogens is 363 g/mol. The number of nitrogens with one attached hydrogen (secondary N) is 1. The van der Waals surface area contributed by atoms with Crippen molar-refractivity contribution in [2.24, 2.45) is 0 Å². The third kappa shape index (κ3) is 5.30. The van der Waals surface area contributed by atoms with Crippen LogP contribution in [0.4, 0.5) is 5.69 Å². The first kappa shape index (κ1) is 19.4. The van der Waals surface area contributed by atoms with Gasteiger partial charge in [0.25, 0.3) is 5.69 Å². The van der Waals surface area contributed by atoms with Gasteiger partial charge in [0.2, 0.25) is 0 Å². The monoisotopic (exact) mass is 380 g/mol. The highest BCUT2D eigenvalue weighted by atomic mass is 31.2. The number of non-ortho nitro benzene ring substituents is 1. The molecule has 0 aliphatic rings. The summed E-state index contributed by atoms with van der Waals surface area (Å²) in [5.41, 5.74) is -0.166. The molecule has 2 rings (SSSR count).